The van der Waals surface area contributed by atoms with Gasteiger partial charge >= 0.3 is 5.97 Å². The maximum atomic E-state index is 13.7. The van der Waals surface area contributed by atoms with Gasteiger partial charge in [-0.25, -0.2) is 9.78 Å². The second kappa shape index (κ2) is 9.91. The normalized spacial score (nSPS) is 12.8. The van der Waals surface area contributed by atoms with Crippen molar-refractivity contribution in [2.75, 3.05) is 12.4 Å². The van der Waals surface area contributed by atoms with Crippen molar-refractivity contribution in [2.24, 2.45) is 0 Å². The van der Waals surface area contributed by atoms with Crippen molar-refractivity contribution in [3.63, 3.8) is 0 Å². The molecule has 5 aromatic heterocycles. The number of thiophene rings is 1. The van der Waals surface area contributed by atoms with E-state index in [4.69, 9.17) is 10.1 Å². The first-order valence-electron chi connectivity index (χ1n) is 12.5. The van der Waals surface area contributed by atoms with Crippen LogP contribution in [0.5, 0.6) is 0 Å². The van der Waals surface area contributed by atoms with Gasteiger partial charge in [-0.1, -0.05) is 6.07 Å². The SMILES string of the molecule is COC(=O)c1c(NC(=O)c2cc3c(=O)n4ccccc4nc3n(Cc3ccncc3)c2=N)sc2c1CCCC2. The van der Waals surface area contributed by atoms with Crippen molar-refractivity contribution in [1.82, 2.24) is 18.9 Å². The average Bonchev–Trinajstić information content (AvgIpc) is 3.32. The summed E-state index contributed by atoms with van der Waals surface area (Å²) in [5, 5.41) is 12.5. The molecule has 0 fully saturated rings. The summed E-state index contributed by atoms with van der Waals surface area (Å²) in [5.41, 5.74) is 2.38. The van der Waals surface area contributed by atoms with Crippen LogP contribution in [0.2, 0.25) is 0 Å². The van der Waals surface area contributed by atoms with Crippen LogP contribution in [0.25, 0.3) is 16.7 Å². The van der Waals surface area contributed by atoms with Crippen molar-refractivity contribution in [1.29, 1.82) is 5.41 Å². The Morgan fingerprint density at radius 1 is 1.15 bits per heavy atom. The van der Waals surface area contributed by atoms with Gasteiger partial charge in [0.05, 0.1) is 30.2 Å². The summed E-state index contributed by atoms with van der Waals surface area (Å²) in [6, 6.07) is 10.2. The van der Waals surface area contributed by atoms with Gasteiger partial charge in [0.2, 0.25) is 0 Å². The molecular formula is C28H24N6O4S. The lowest BCUT2D eigenvalue weighted by Crippen LogP contribution is -2.32. The zero-order valence-corrected chi connectivity index (χ0v) is 21.9. The minimum absolute atomic E-state index is 0.00600. The summed E-state index contributed by atoms with van der Waals surface area (Å²) in [7, 11) is 1.32. The molecule has 5 aromatic rings. The van der Waals surface area contributed by atoms with Gasteiger partial charge in [0, 0.05) is 23.5 Å². The second-order valence-electron chi connectivity index (χ2n) is 9.29. The molecule has 39 heavy (non-hydrogen) atoms. The first-order chi connectivity index (χ1) is 19.0. The van der Waals surface area contributed by atoms with E-state index in [1.807, 2.05) is 0 Å². The number of esters is 1. The highest BCUT2D eigenvalue weighted by atomic mass is 32.1. The molecule has 196 valence electrons. The van der Waals surface area contributed by atoms with E-state index in [1.165, 1.54) is 28.9 Å². The maximum Gasteiger partial charge on any atom is 0.341 e. The van der Waals surface area contributed by atoms with E-state index in [-0.39, 0.29) is 28.5 Å². The van der Waals surface area contributed by atoms with E-state index in [0.29, 0.717) is 21.9 Å². The molecule has 2 N–H and O–H groups in total. The molecule has 1 aliphatic carbocycles. The number of pyridine rings is 3. The van der Waals surface area contributed by atoms with Crippen LogP contribution in [0.4, 0.5) is 5.00 Å². The van der Waals surface area contributed by atoms with Gasteiger partial charge in [-0.2, -0.15) is 0 Å². The first-order valence-corrected chi connectivity index (χ1v) is 13.3. The lowest BCUT2D eigenvalue weighted by molar-refractivity contribution is 0.0601. The highest BCUT2D eigenvalue weighted by Gasteiger charge is 2.28. The summed E-state index contributed by atoms with van der Waals surface area (Å²) in [4.78, 5) is 49.7. The first kappa shape index (κ1) is 24.7. The molecule has 0 spiro atoms. The lowest BCUT2D eigenvalue weighted by atomic mass is 9.95. The van der Waals surface area contributed by atoms with Crippen molar-refractivity contribution < 1.29 is 14.3 Å². The van der Waals surface area contributed by atoms with E-state index in [9.17, 15) is 14.4 Å². The highest BCUT2D eigenvalue weighted by molar-refractivity contribution is 7.17. The quantitative estimate of drug-likeness (QED) is 0.259. The largest absolute Gasteiger partial charge is 0.465 e. The number of fused-ring (bicyclic) bond motifs is 3. The van der Waals surface area contributed by atoms with Crippen LogP contribution in [0.1, 0.15) is 49.6 Å². The maximum absolute atomic E-state index is 13.7. The molecule has 1 amide bonds. The van der Waals surface area contributed by atoms with E-state index in [0.717, 1.165) is 41.7 Å². The smallest absolute Gasteiger partial charge is 0.341 e. The van der Waals surface area contributed by atoms with Gasteiger partial charge in [0.1, 0.15) is 21.8 Å². The minimum Gasteiger partial charge on any atom is -0.465 e. The Bertz CT molecular complexity index is 1890. The molecule has 5 heterocycles. The Labute approximate surface area is 226 Å². The number of aryl methyl sites for hydroxylation is 1. The highest BCUT2D eigenvalue weighted by Crippen LogP contribution is 2.38. The summed E-state index contributed by atoms with van der Waals surface area (Å²) in [6.07, 6.45) is 8.45. The third-order valence-electron chi connectivity index (χ3n) is 6.94. The number of carbonyl (C=O) groups excluding carboxylic acids is 2. The van der Waals surface area contributed by atoms with Gasteiger partial charge in [-0.3, -0.25) is 24.4 Å². The lowest BCUT2D eigenvalue weighted by Gasteiger charge is -2.15. The monoisotopic (exact) mass is 540 g/mol. The van der Waals surface area contributed by atoms with E-state index in [1.54, 1.807) is 53.5 Å². The Kier molecular flexibility index (Phi) is 6.27. The number of aromatic nitrogens is 4. The summed E-state index contributed by atoms with van der Waals surface area (Å²) >= 11 is 1.36. The molecule has 0 unspecified atom stereocenters. The Hall–Kier alpha value is -4.64. The number of methoxy groups -OCH3 is 1. The topological polar surface area (TPSA) is 131 Å². The molecule has 0 atom stereocenters. The van der Waals surface area contributed by atoms with Crippen molar-refractivity contribution in [3.8, 4) is 0 Å². The van der Waals surface area contributed by atoms with E-state index in [2.05, 4.69) is 15.3 Å². The van der Waals surface area contributed by atoms with Gasteiger partial charge in [0.25, 0.3) is 11.5 Å². The van der Waals surface area contributed by atoms with Crippen LogP contribution < -0.4 is 16.4 Å². The Morgan fingerprint density at radius 3 is 2.74 bits per heavy atom. The fourth-order valence-corrected chi connectivity index (χ4v) is 6.30. The third-order valence-corrected chi connectivity index (χ3v) is 8.15. The number of carbonyl (C=O) groups is 2. The number of hydrogen-bond acceptors (Lipinski definition) is 8. The number of nitrogens with one attached hydrogen (secondary N) is 2. The third kappa shape index (κ3) is 4.30. The van der Waals surface area contributed by atoms with Gasteiger partial charge in [-0.05, 0) is 67.1 Å². The fourth-order valence-electron chi connectivity index (χ4n) is 5.03. The van der Waals surface area contributed by atoms with Crippen LogP contribution in [0.3, 0.4) is 0 Å². The zero-order valence-electron chi connectivity index (χ0n) is 21.1. The van der Waals surface area contributed by atoms with E-state index < -0.39 is 11.9 Å². The zero-order chi connectivity index (χ0) is 27.1. The molecule has 0 aliphatic heterocycles. The van der Waals surface area contributed by atoms with Crippen LogP contribution in [0, 0.1) is 5.41 Å². The second-order valence-corrected chi connectivity index (χ2v) is 10.4. The molecule has 0 radical (unpaired) electrons. The number of ether oxygens (including phenoxy) is 1. The van der Waals surface area contributed by atoms with Crippen LogP contribution in [0.15, 0.2) is 59.8 Å². The predicted molar refractivity (Wildman–Crippen MR) is 146 cm³/mol. The number of amides is 1. The molecular weight excluding hydrogens is 516 g/mol. The number of anilines is 1. The van der Waals surface area contributed by atoms with Gasteiger partial charge in [-0.15, -0.1) is 11.3 Å². The van der Waals surface area contributed by atoms with Crippen molar-refractivity contribution in [3.05, 3.63) is 98.0 Å². The van der Waals surface area contributed by atoms with Crippen molar-refractivity contribution in [2.45, 2.75) is 32.2 Å². The Morgan fingerprint density at radius 2 is 1.95 bits per heavy atom. The van der Waals surface area contributed by atoms with Crippen LogP contribution in [-0.2, 0) is 24.1 Å². The molecule has 10 nitrogen and oxygen atoms in total. The summed E-state index contributed by atoms with van der Waals surface area (Å²) < 4.78 is 7.99. The molecule has 1 aliphatic rings. The average molecular weight is 541 g/mol. The van der Waals surface area contributed by atoms with E-state index >= 15 is 0 Å². The summed E-state index contributed by atoms with van der Waals surface area (Å²) in [6.45, 7) is 0.204. The van der Waals surface area contributed by atoms with Crippen molar-refractivity contribution >= 4 is 44.9 Å². The van der Waals surface area contributed by atoms with Gasteiger partial charge in [0.15, 0.2) is 0 Å². The van der Waals surface area contributed by atoms with Crippen LogP contribution in [-0.4, -0.2) is 37.9 Å². The number of rotatable bonds is 5. The molecule has 0 saturated carbocycles. The summed E-state index contributed by atoms with van der Waals surface area (Å²) in [5.74, 6) is -1.09. The fraction of sp³-hybridized carbons (Fsp3) is 0.214. The molecule has 6 rings (SSSR count). The molecule has 0 bridgehead atoms. The molecule has 0 aromatic carbocycles. The number of nitrogens with zero attached hydrogens (tertiary/aromatic N) is 4. The number of hydrogen-bond donors (Lipinski definition) is 2. The molecule has 0 saturated heterocycles. The predicted octanol–water partition coefficient (Wildman–Crippen LogP) is 3.55. The Balaban J connectivity index is 1.52. The molecule has 11 heteroatoms. The van der Waals surface area contributed by atoms with Gasteiger partial charge < -0.3 is 14.6 Å². The minimum atomic E-state index is -0.591. The standard InChI is InChI=1S/C28H24N6O4S/c1-38-28(37)22-17-6-2-3-7-20(17)39-26(22)32-25(35)18-14-19-24(31-21-8-4-5-13-33(21)27(19)36)34(23(18)29)15-16-9-11-30-12-10-16/h4-5,8-14,29H,2-3,6-7,15H2,1H3,(H,32,35). The van der Waals surface area contributed by atoms with Crippen LogP contribution >= 0.6 is 11.3 Å².